The number of nitrogens with zero attached hydrogens (tertiary/aromatic N) is 1. The van der Waals surface area contributed by atoms with Gasteiger partial charge in [0.1, 0.15) is 5.69 Å². The van der Waals surface area contributed by atoms with Gasteiger partial charge in [0.05, 0.1) is 6.61 Å². The Bertz CT molecular complexity index is 417. The second-order valence-corrected chi connectivity index (χ2v) is 4.75. The van der Waals surface area contributed by atoms with Crippen LogP contribution in [-0.2, 0) is 4.74 Å². The summed E-state index contributed by atoms with van der Waals surface area (Å²) >= 11 is 0. The van der Waals surface area contributed by atoms with Crippen molar-refractivity contribution in [1.82, 2.24) is 10.3 Å². The largest absolute Gasteiger partial charge is 0.385 e. The highest BCUT2D eigenvalue weighted by atomic mass is 16.5. The summed E-state index contributed by atoms with van der Waals surface area (Å²) in [5.41, 5.74) is 1.38. The van der Waals surface area contributed by atoms with E-state index in [0.29, 0.717) is 18.2 Å². The molecular formula is C14H21N3O2. The Kier molecular flexibility index (Phi) is 5.15. The van der Waals surface area contributed by atoms with Crippen molar-refractivity contribution >= 4 is 11.6 Å². The molecule has 0 saturated carbocycles. The lowest BCUT2D eigenvalue weighted by atomic mass is 10.0. The number of rotatable bonds is 5. The molecule has 0 bridgehead atoms. The Balaban J connectivity index is 1.89. The van der Waals surface area contributed by atoms with Crippen LogP contribution in [0.25, 0.3) is 0 Å². The molecule has 1 saturated heterocycles. The van der Waals surface area contributed by atoms with Crippen LogP contribution in [0.15, 0.2) is 18.3 Å². The van der Waals surface area contributed by atoms with Gasteiger partial charge in [0.15, 0.2) is 0 Å². The van der Waals surface area contributed by atoms with Crippen molar-refractivity contribution in [3.05, 3.63) is 24.0 Å². The van der Waals surface area contributed by atoms with E-state index in [1.165, 1.54) is 6.42 Å². The van der Waals surface area contributed by atoms with Crippen LogP contribution in [0.5, 0.6) is 0 Å². The number of carbonyl (C=O) groups is 1. The first kappa shape index (κ1) is 13.8. The van der Waals surface area contributed by atoms with Gasteiger partial charge in [-0.05, 0) is 37.8 Å². The van der Waals surface area contributed by atoms with Crippen molar-refractivity contribution in [3.8, 4) is 0 Å². The van der Waals surface area contributed by atoms with Gasteiger partial charge in [-0.15, -0.1) is 0 Å². The van der Waals surface area contributed by atoms with Gasteiger partial charge in [0, 0.05) is 31.6 Å². The molecule has 0 aliphatic carbocycles. The number of anilines is 1. The van der Waals surface area contributed by atoms with Crippen molar-refractivity contribution in [3.63, 3.8) is 0 Å². The van der Waals surface area contributed by atoms with Crippen molar-refractivity contribution in [1.29, 1.82) is 0 Å². The first-order valence-electron chi connectivity index (χ1n) is 6.85. The highest BCUT2D eigenvalue weighted by Gasteiger charge is 2.13. The van der Waals surface area contributed by atoms with Gasteiger partial charge < -0.3 is 15.4 Å². The standard InChI is InChI=1S/C14H21N3O2/c1-2-15-14(18)13-8-12(5-6-16-13)17-9-11-4-3-7-19-10-11/h5-6,8,11H,2-4,7,9-10H2,1H3,(H,15,18)(H,16,17). The minimum absolute atomic E-state index is 0.132. The molecule has 19 heavy (non-hydrogen) atoms. The lowest BCUT2D eigenvalue weighted by Gasteiger charge is -2.22. The maximum absolute atomic E-state index is 11.7. The van der Waals surface area contributed by atoms with Gasteiger partial charge in [-0.25, -0.2) is 0 Å². The van der Waals surface area contributed by atoms with E-state index in [9.17, 15) is 4.79 Å². The Morgan fingerprint density at radius 3 is 3.21 bits per heavy atom. The van der Waals surface area contributed by atoms with Crippen LogP contribution in [-0.4, -0.2) is 37.2 Å². The van der Waals surface area contributed by atoms with Gasteiger partial charge >= 0.3 is 0 Å². The SMILES string of the molecule is CCNC(=O)c1cc(NCC2CCCOC2)ccn1. The second-order valence-electron chi connectivity index (χ2n) is 4.75. The first-order chi connectivity index (χ1) is 9.29. The fourth-order valence-electron chi connectivity index (χ4n) is 2.15. The van der Waals surface area contributed by atoms with Gasteiger partial charge in [0.2, 0.25) is 0 Å². The molecule has 5 heteroatoms. The zero-order valence-corrected chi connectivity index (χ0v) is 11.3. The van der Waals surface area contributed by atoms with E-state index in [-0.39, 0.29) is 5.91 Å². The Labute approximate surface area is 113 Å². The van der Waals surface area contributed by atoms with Crippen molar-refractivity contribution in [2.45, 2.75) is 19.8 Å². The van der Waals surface area contributed by atoms with Crippen LogP contribution in [0.4, 0.5) is 5.69 Å². The molecule has 1 unspecified atom stereocenters. The number of amides is 1. The molecule has 0 aromatic carbocycles. The molecule has 2 N–H and O–H groups in total. The third-order valence-corrected chi connectivity index (χ3v) is 3.18. The molecule has 1 aliphatic rings. The Morgan fingerprint density at radius 1 is 1.58 bits per heavy atom. The number of ether oxygens (including phenoxy) is 1. The second kappa shape index (κ2) is 7.09. The fourth-order valence-corrected chi connectivity index (χ4v) is 2.15. The summed E-state index contributed by atoms with van der Waals surface area (Å²) in [6.45, 7) is 5.08. The summed E-state index contributed by atoms with van der Waals surface area (Å²) in [7, 11) is 0. The van der Waals surface area contributed by atoms with E-state index >= 15 is 0 Å². The number of hydrogen-bond donors (Lipinski definition) is 2. The summed E-state index contributed by atoms with van der Waals surface area (Å²) in [5.74, 6) is 0.419. The molecule has 1 atom stereocenters. The lowest BCUT2D eigenvalue weighted by molar-refractivity contribution is 0.0595. The summed E-state index contributed by atoms with van der Waals surface area (Å²) in [5, 5.41) is 6.10. The average molecular weight is 263 g/mol. The van der Waals surface area contributed by atoms with Crippen molar-refractivity contribution in [2.75, 3.05) is 31.6 Å². The third kappa shape index (κ3) is 4.21. The minimum atomic E-state index is -0.132. The van der Waals surface area contributed by atoms with Crippen LogP contribution in [0.2, 0.25) is 0 Å². The molecule has 2 heterocycles. The van der Waals surface area contributed by atoms with Crippen LogP contribution in [0, 0.1) is 5.92 Å². The minimum Gasteiger partial charge on any atom is -0.385 e. The van der Waals surface area contributed by atoms with Crippen LogP contribution >= 0.6 is 0 Å². The molecule has 0 radical (unpaired) electrons. The molecule has 5 nitrogen and oxygen atoms in total. The maximum Gasteiger partial charge on any atom is 0.269 e. The molecule has 1 aliphatic heterocycles. The summed E-state index contributed by atoms with van der Waals surface area (Å²) in [4.78, 5) is 15.8. The Hall–Kier alpha value is -1.62. The zero-order chi connectivity index (χ0) is 13.5. The molecule has 1 aromatic rings. The third-order valence-electron chi connectivity index (χ3n) is 3.18. The summed E-state index contributed by atoms with van der Waals surface area (Å²) < 4.78 is 5.45. The topological polar surface area (TPSA) is 63.2 Å². The van der Waals surface area contributed by atoms with E-state index in [4.69, 9.17) is 4.74 Å². The van der Waals surface area contributed by atoms with Gasteiger partial charge in [-0.1, -0.05) is 0 Å². The normalized spacial score (nSPS) is 18.9. The van der Waals surface area contributed by atoms with E-state index in [1.807, 2.05) is 13.0 Å². The predicted molar refractivity (Wildman–Crippen MR) is 74.3 cm³/mol. The predicted octanol–water partition coefficient (Wildman–Crippen LogP) is 1.67. The zero-order valence-electron chi connectivity index (χ0n) is 11.3. The van der Waals surface area contributed by atoms with E-state index in [0.717, 1.165) is 31.9 Å². The molecular weight excluding hydrogens is 242 g/mol. The highest BCUT2D eigenvalue weighted by Crippen LogP contribution is 2.15. The monoisotopic (exact) mass is 263 g/mol. The van der Waals surface area contributed by atoms with Crippen molar-refractivity contribution < 1.29 is 9.53 Å². The van der Waals surface area contributed by atoms with Crippen molar-refractivity contribution in [2.24, 2.45) is 5.92 Å². The van der Waals surface area contributed by atoms with Gasteiger partial charge in [-0.3, -0.25) is 9.78 Å². The number of pyridine rings is 1. The molecule has 1 amide bonds. The number of carbonyl (C=O) groups excluding carboxylic acids is 1. The smallest absolute Gasteiger partial charge is 0.269 e. The molecule has 1 aromatic heterocycles. The van der Waals surface area contributed by atoms with Crippen LogP contribution < -0.4 is 10.6 Å². The molecule has 104 valence electrons. The fraction of sp³-hybridized carbons (Fsp3) is 0.571. The average Bonchev–Trinajstić information content (AvgIpc) is 2.47. The number of hydrogen-bond acceptors (Lipinski definition) is 4. The quantitative estimate of drug-likeness (QED) is 0.848. The van der Waals surface area contributed by atoms with E-state index in [1.54, 1.807) is 12.3 Å². The molecule has 1 fully saturated rings. The highest BCUT2D eigenvalue weighted by molar-refractivity contribution is 5.93. The molecule has 2 rings (SSSR count). The lowest BCUT2D eigenvalue weighted by Crippen LogP contribution is -2.25. The van der Waals surface area contributed by atoms with E-state index in [2.05, 4.69) is 15.6 Å². The number of aromatic nitrogens is 1. The van der Waals surface area contributed by atoms with Gasteiger partial charge in [0.25, 0.3) is 5.91 Å². The van der Waals surface area contributed by atoms with Crippen LogP contribution in [0.3, 0.4) is 0 Å². The summed E-state index contributed by atoms with van der Waals surface area (Å²) in [6, 6.07) is 3.67. The van der Waals surface area contributed by atoms with Crippen LogP contribution in [0.1, 0.15) is 30.3 Å². The van der Waals surface area contributed by atoms with E-state index < -0.39 is 0 Å². The summed E-state index contributed by atoms with van der Waals surface area (Å²) in [6.07, 6.45) is 3.98. The number of nitrogens with one attached hydrogen (secondary N) is 2. The Morgan fingerprint density at radius 2 is 2.47 bits per heavy atom. The van der Waals surface area contributed by atoms with Gasteiger partial charge in [-0.2, -0.15) is 0 Å². The maximum atomic E-state index is 11.7. The molecule has 0 spiro atoms. The first-order valence-corrected chi connectivity index (χ1v) is 6.85.